The number of fused-ring (bicyclic) bond motifs is 3. The minimum Gasteiger partial charge on any atom is -0.462 e. The standard InChI is InChI=1S/C21H19N3O5S/c1-3-29-21(26)16-11-22-19-18(16)15-10-13(6-9-17(15)23-20(19)25)24-30(27,28)14-7-4-12(2)5-8-14/h4-11,22,24H,3H2,1-2H3,(H,23,25). The van der Waals surface area contributed by atoms with Gasteiger partial charge in [-0.25, -0.2) is 13.2 Å². The fourth-order valence-corrected chi connectivity index (χ4v) is 4.34. The molecule has 8 nitrogen and oxygen atoms in total. The molecule has 3 N–H and O–H groups in total. The summed E-state index contributed by atoms with van der Waals surface area (Å²) < 4.78 is 33.1. The Kier molecular flexibility index (Phi) is 4.83. The molecule has 30 heavy (non-hydrogen) atoms. The minimum absolute atomic E-state index is 0.133. The van der Waals surface area contributed by atoms with Gasteiger partial charge >= 0.3 is 5.97 Å². The van der Waals surface area contributed by atoms with Crippen molar-refractivity contribution in [3.63, 3.8) is 0 Å². The lowest BCUT2D eigenvalue weighted by Gasteiger charge is -2.10. The predicted molar refractivity (Wildman–Crippen MR) is 114 cm³/mol. The van der Waals surface area contributed by atoms with Crippen molar-refractivity contribution in [2.24, 2.45) is 0 Å². The van der Waals surface area contributed by atoms with Gasteiger partial charge in [0.15, 0.2) is 0 Å². The molecule has 0 amide bonds. The van der Waals surface area contributed by atoms with Gasteiger partial charge in [0, 0.05) is 28.2 Å². The number of aryl methyl sites for hydroxylation is 1. The number of pyridine rings is 1. The van der Waals surface area contributed by atoms with Crippen molar-refractivity contribution in [1.82, 2.24) is 9.97 Å². The van der Waals surface area contributed by atoms with Crippen LogP contribution in [0.1, 0.15) is 22.8 Å². The Morgan fingerprint density at radius 2 is 1.87 bits per heavy atom. The topological polar surface area (TPSA) is 121 Å². The molecule has 0 radical (unpaired) electrons. The largest absolute Gasteiger partial charge is 0.462 e. The third-order valence-electron chi connectivity index (χ3n) is 4.72. The summed E-state index contributed by atoms with van der Waals surface area (Å²) in [5.74, 6) is -0.568. The number of anilines is 1. The Labute approximate surface area is 171 Å². The van der Waals surface area contributed by atoms with E-state index in [0.29, 0.717) is 22.0 Å². The van der Waals surface area contributed by atoms with Gasteiger partial charge in [-0.1, -0.05) is 17.7 Å². The van der Waals surface area contributed by atoms with Crippen LogP contribution >= 0.6 is 0 Å². The van der Waals surface area contributed by atoms with Crippen LogP contribution in [0.4, 0.5) is 5.69 Å². The van der Waals surface area contributed by atoms with Crippen molar-refractivity contribution in [3.8, 4) is 0 Å². The van der Waals surface area contributed by atoms with Gasteiger partial charge in [0.05, 0.1) is 17.1 Å². The van der Waals surface area contributed by atoms with Crippen LogP contribution in [-0.2, 0) is 14.8 Å². The molecular weight excluding hydrogens is 406 g/mol. The molecule has 0 bridgehead atoms. The first kappa shape index (κ1) is 19.7. The number of aromatic amines is 2. The number of aromatic nitrogens is 2. The van der Waals surface area contributed by atoms with Crippen LogP contribution in [0.15, 0.2) is 58.4 Å². The molecule has 2 aromatic heterocycles. The van der Waals surface area contributed by atoms with Gasteiger partial charge in [0.25, 0.3) is 15.6 Å². The normalized spacial score (nSPS) is 11.7. The van der Waals surface area contributed by atoms with E-state index in [0.717, 1.165) is 5.56 Å². The van der Waals surface area contributed by atoms with E-state index in [4.69, 9.17) is 4.74 Å². The first-order chi connectivity index (χ1) is 14.3. The van der Waals surface area contributed by atoms with Gasteiger partial charge in [-0.05, 0) is 44.2 Å². The molecule has 0 aliphatic rings. The molecule has 4 rings (SSSR count). The summed E-state index contributed by atoms with van der Waals surface area (Å²) in [6, 6.07) is 11.2. The molecule has 2 aromatic carbocycles. The average Bonchev–Trinajstić information content (AvgIpc) is 3.15. The molecule has 2 heterocycles. The fourth-order valence-electron chi connectivity index (χ4n) is 3.29. The Bertz CT molecular complexity index is 1430. The molecule has 4 aromatic rings. The molecule has 0 atom stereocenters. The van der Waals surface area contributed by atoms with Crippen LogP contribution in [0.5, 0.6) is 0 Å². The van der Waals surface area contributed by atoms with Gasteiger partial charge in [0.1, 0.15) is 5.52 Å². The summed E-state index contributed by atoms with van der Waals surface area (Å²) in [4.78, 5) is 30.4. The number of sulfonamides is 1. The Hall–Kier alpha value is -3.59. The van der Waals surface area contributed by atoms with Crippen molar-refractivity contribution >= 4 is 43.5 Å². The number of nitrogens with one attached hydrogen (secondary N) is 3. The number of hydrogen-bond donors (Lipinski definition) is 3. The van der Waals surface area contributed by atoms with Crippen molar-refractivity contribution < 1.29 is 17.9 Å². The quantitative estimate of drug-likeness (QED) is 0.424. The Morgan fingerprint density at radius 1 is 1.13 bits per heavy atom. The first-order valence-corrected chi connectivity index (χ1v) is 10.7. The van der Waals surface area contributed by atoms with Gasteiger partial charge in [-0.3, -0.25) is 9.52 Å². The van der Waals surface area contributed by atoms with Crippen molar-refractivity contribution in [1.29, 1.82) is 0 Å². The van der Waals surface area contributed by atoms with Gasteiger partial charge < -0.3 is 14.7 Å². The maximum atomic E-state index is 12.7. The number of ether oxygens (including phenoxy) is 1. The lowest BCUT2D eigenvalue weighted by Crippen LogP contribution is -2.13. The van der Waals surface area contributed by atoms with Crippen LogP contribution in [0.25, 0.3) is 21.8 Å². The number of hydrogen-bond acceptors (Lipinski definition) is 5. The van der Waals surface area contributed by atoms with E-state index < -0.39 is 16.0 Å². The summed E-state index contributed by atoms with van der Waals surface area (Å²) in [6.07, 6.45) is 1.42. The molecular formula is C21H19N3O5S. The summed E-state index contributed by atoms with van der Waals surface area (Å²) in [5, 5.41) is 0.890. The van der Waals surface area contributed by atoms with Gasteiger partial charge in [-0.2, -0.15) is 0 Å². The molecule has 0 spiro atoms. The SMILES string of the molecule is CCOC(=O)c1c[nH]c2c(=O)[nH]c3ccc(NS(=O)(=O)c4ccc(C)cc4)cc3c12. The third-order valence-corrected chi connectivity index (χ3v) is 6.12. The molecule has 0 saturated heterocycles. The monoisotopic (exact) mass is 425 g/mol. The molecule has 0 unspecified atom stereocenters. The highest BCUT2D eigenvalue weighted by atomic mass is 32.2. The van der Waals surface area contributed by atoms with Crippen molar-refractivity contribution in [2.45, 2.75) is 18.7 Å². The second-order valence-electron chi connectivity index (χ2n) is 6.81. The predicted octanol–water partition coefficient (Wildman–Crippen LogP) is 3.30. The van der Waals surface area contributed by atoms with Crippen LogP contribution in [0, 0.1) is 6.92 Å². The minimum atomic E-state index is -3.80. The van der Waals surface area contributed by atoms with Crippen LogP contribution in [0.2, 0.25) is 0 Å². The second-order valence-corrected chi connectivity index (χ2v) is 8.49. The molecule has 0 aliphatic carbocycles. The molecule has 0 aliphatic heterocycles. The maximum Gasteiger partial charge on any atom is 0.340 e. The third kappa shape index (κ3) is 3.43. The van der Waals surface area contributed by atoms with E-state index in [2.05, 4.69) is 14.7 Å². The van der Waals surface area contributed by atoms with E-state index in [-0.39, 0.29) is 28.1 Å². The fraction of sp³-hybridized carbons (Fsp3) is 0.143. The second kappa shape index (κ2) is 7.34. The van der Waals surface area contributed by atoms with Crippen molar-refractivity contribution in [3.05, 3.63) is 70.1 Å². The van der Waals surface area contributed by atoms with E-state index in [1.54, 1.807) is 37.3 Å². The number of carbonyl (C=O) groups excluding carboxylic acids is 1. The number of H-pyrrole nitrogens is 2. The molecule has 0 fully saturated rings. The first-order valence-electron chi connectivity index (χ1n) is 9.24. The number of esters is 1. The lowest BCUT2D eigenvalue weighted by atomic mass is 10.1. The Morgan fingerprint density at radius 3 is 2.57 bits per heavy atom. The van der Waals surface area contributed by atoms with Crippen LogP contribution < -0.4 is 10.3 Å². The molecule has 154 valence electrons. The summed E-state index contributed by atoms with van der Waals surface area (Å²) in [6.45, 7) is 3.75. The number of carbonyl (C=O) groups is 1. The lowest BCUT2D eigenvalue weighted by molar-refractivity contribution is 0.0529. The van der Waals surface area contributed by atoms with E-state index >= 15 is 0 Å². The van der Waals surface area contributed by atoms with E-state index in [9.17, 15) is 18.0 Å². The Balaban J connectivity index is 1.85. The summed E-state index contributed by atoms with van der Waals surface area (Å²) in [5.41, 5.74) is 1.75. The zero-order valence-corrected chi connectivity index (χ0v) is 17.1. The molecule has 9 heteroatoms. The van der Waals surface area contributed by atoms with Gasteiger partial charge in [0.2, 0.25) is 0 Å². The number of benzene rings is 2. The maximum absolute atomic E-state index is 12.7. The van der Waals surface area contributed by atoms with E-state index in [1.807, 2.05) is 6.92 Å². The van der Waals surface area contributed by atoms with Gasteiger partial charge in [-0.15, -0.1) is 0 Å². The summed E-state index contributed by atoms with van der Waals surface area (Å²) in [7, 11) is -3.80. The average molecular weight is 425 g/mol. The highest BCUT2D eigenvalue weighted by Gasteiger charge is 2.19. The highest BCUT2D eigenvalue weighted by molar-refractivity contribution is 7.92. The highest BCUT2D eigenvalue weighted by Crippen LogP contribution is 2.28. The molecule has 0 saturated carbocycles. The zero-order chi connectivity index (χ0) is 21.5. The summed E-state index contributed by atoms with van der Waals surface area (Å²) >= 11 is 0. The van der Waals surface area contributed by atoms with Crippen LogP contribution in [-0.4, -0.2) is 31.0 Å². The zero-order valence-electron chi connectivity index (χ0n) is 16.3. The smallest absolute Gasteiger partial charge is 0.340 e. The van der Waals surface area contributed by atoms with Crippen molar-refractivity contribution in [2.75, 3.05) is 11.3 Å². The van der Waals surface area contributed by atoms with Crippen LogP contribution in [0.3, 0.4) is 0 Å². The van der Waals surface area contributed by atoms with E-state index in [1.165, 1.54) is 18.3 Å². The number of rotatable bonds is 5.